The van der Waals surface area contributed by atoms with Gasteiger partial charge in [0.25, 0.3) is 0 Å². The van der Waals surface area contributed by atoms with Crippen molar-refractivity contribution in [1.82, 2.24) is 20.1 Å². The van der Waals surface area contributed by atoms with Gasteiger partial charge >= 0.3 is 0 Å². The lowest BCUT2D eigenvalue weighted by atomic mass is 10.2. The lowest BCUT2D eigenvalue weighted by Gasteiger charge is -2.18. The van der Waals surface area contributed by atoms with Gasteiger partial charge in [-0.25, -0.2) is 9.97 Å². The van der Waals surface area contributed by atoms with E-state index in [1.165, 1.54) is 0 Å². The van der Waals surface area contributed by atoms with Crippen molar-refractivity contribution in [2.45, 2.75) is 6.54 Å². The van der Waals surface area contributed by atoms with Gasteiger partial charge in [0.2, 0.25) is 0 Å². The van der Waals surface area contributed by atoms with E-state index in [1.54, 1.807) is 18.7 Å². The number of benzene rings is 1. The van der Waals surface area contributed by atoms with E-state index in [1.807, 2.05) is 42.3 Å². The molecule has 108 valence electrons. The SMILES string of the molecule is CN(Cc1noc2ccccc12)c1ncnc2cnccc12. The first kappa shape index (κ1) is 12.7. The van der Waals surface area contributed by atoms with Gasteiger partial charge in [0.1, 0.15) is 17.8 Å². The molecule has 0 bridgehead atoms. The van der Waals surface area contributed by atoms with Crippen molar-refractivity contribution in [3.8, 4) is 0 Å². The minimum absolute atomic E-state index is 0.603. The average Bonchev–Trinajstić information content (AvgIpc) is 2.97. The van der Waals surface area contributed by atoms with Crippen LogP contribution in [0.25, 0.3) is 21.9 Å². The van der Waals surface area contributed by atoms with Crippen molar-refractivity contribution in [3.63, 3.8) is 0 Å². The summed E-state index contributed by atoms with van der Waals surface area (Å²) in [6.45, 7) is 0.603. The quantitative estimate of drug-likeness (QED) is 0.578. The molecule has 0 saturated carbocycles. The Bertz CT molecular complexity index is 944. The number of para-hydroxylation sites is 1. The molecule has 3 heterocycles. The molecule has 0 fully saturated rings. The summed E-state index contributed by atoms with van der Waals surface area (Å²) in [7, 11) is 1.98. The van der Waals surface area contributed by atoms with Crippen LogP contribution in [0, 0.1) is 0 Å². The first-order valence-corrected chi connectivity index (χ1v) is 6.92. The molecule has 3 aromatic heterocycles. The number of hydrogen-bond donors (Lipinski definition) is 0. The second kappa shape index (κ2) is 5.07. The molecule has 0 aliphatic carbocycles. The van der Waals surface area contributed by atoms with Crippen LogP contribution in [0.5, 0.6) is 0 Å². The highest BCUT2D eigenvalue weighted by molar-refractivity contribution is 5.88. The van der Waals surface area contributed by atoms with Crippen molar-refractivity contribution < 1.29 is 4.52 Å². The van der Waals surface area contributed by atoms with Gasteiger partial charge in [0.05, 0.1) is 18.3 Å². The highest BCUT2D eigenvalue weighted by Crippen LogP contribution is 2.24. The maximum atomic E-state index is 5.35. The first-order valence-electron chi connectivity index (χ1n) is 6.92. The van der Waals surface area contributed by atoms with Crippen LogP contribution in [0.1, 0.15) is 5.69 Å². The Labute approximate surface area is 126 Å². The Morgan fingerprint density at radius 1 is 1.09 bits per heavy atom. The van der Waals surface area contributed by atoms with Gasteiger partial charge in [0, 0.05) is 24.0 Å². The van der Waals surface area contributed by atoms with Gasteiger partial charge < -0.3 is 9.42 Å². The molecular weight excluding hydrogens is 278 g/mol. The molecule has 0 spiro atoms. The molecule has 1 aromatic carbocycles. The van der Waals surface area contributed by atoms with E-state index in [0.29, 0.717) is 6.54 Å². The lowest BCUT2D eigenvalue weighted by molar-refractivity contribution is 0.445. The molecule has 6 nitrogen and oxygen atoms in total. The molecule has 0 aliphatic heterocycles. The third kappa shape index (κ3) is 2.05. The van der Waals surface area contributed by atoms with Gasteiger partial charge in [0.15, 0.2) is 5.58 Å². The topological polar surface area (TPSA) is 67.9 Å². The Morgan fingerprint density at radius 3 is 2.95 bits per heavy atom. The van der Waals surface area contributed by atoms with Crippen LogP contribution < -0.4 is 4.90 Å². The molecule has 0 amide bonds. The summed E-state index contributed by atoms with van der Waals surface area (Å²) in [5, 5.41) is 6.16. The number of anilines is 1. The zero-order chi connectivity index (χ0) is 14.9. The van der Waals surface area contributed by atoms with Crippen LogP contribution in [-0.2, 0) is 6.54 Å². The fourth-order valence-electron chi connectivity index (χ4n) is 2.55. The summed E-state index contributed by atoms with van der Waals surface area (Å²) in [5.41, 5.74) is 2.51. The predicted octanol–water partition coefficient (Wildman–Crippen LogP) is 2.80. The average molecular weight is 291 g/mol. The summed E-state index contributed by atoms with van der Waals surface area (Å²) >= 11 is 0. The Morgan fingerprint density at radius 2 is 2.00 bits per heavy atom. The molecule has 0 saturated heterocycles. The van der Waals surface area contributed by atoms with Crippen LogP contribution in [-0.4, -0.2) is 27.2 Å². The van der Waals surface area contributed by atoms with Crippen LogP contribution in [0.3, 0.4) is 0 Å². The summed E-state index contributed by atoms with van der Waals surface area (Å²) in [5.74, 6) is 0.847. The van der Waals surface area contributed by atoms with Crippen LogP contribution >= 0.6 is 0 Å². The summed E-state index contributed by atoms with van der Waals surface area (Å²) in [6.07, 6.45) is 5.03. The molecule has 4 rings (SSSR count). The number of hydrogen-bond acceptors (Lipinski definition) is 6. The molecule has 4 aromatic rings. The third-order valence-electron chi connectivity index (χ3n) is 3.62. The Balaban J connectivity index is 1.73. The van der Waals surface area contributed by atoms with Gasteiger partial charge in [-0.2, -0.15) is 0 Å². The normalized spacial score (nSPS) is 11.1. The number of aromatic nitrogens is 4. The van der Waals surface area contributed by atoms with E-state index >= 15 is 0 Å². The van der Waals surface area contributed by atoms with E-state index in [-0.39, 0.29) is 0 Å². The zero-order valence-electron chi connectivity index (χ0n) is 12.0. The van der Waals surface area contributed by atoms with Gasteiger partial charge in [-0.15, -0.1) is 0 Å². The highest BCUT2D eigenvalue weighted by Gasteiger charge is 2.13. The van der Waals surface area contributed by atoms with E-state index in [0.717, 1.165) is 33.4 Å². The molecule has 0 unspecified atom stereocenters. The molecule has 22 heavy (non-hydrogen) atoms. The smallest absolute Gasteiger partial charge is 0.167 e. The maximum Gasteiger partial charge on any atom is 0.167 e. The first-order chi connectivity index (χ1) is 10.8. The van der Waals surface area contributed by atoms with Gasteiger partial charge in [-0.05, 0) is 18.2 Å². The second-order valence-electron chi connectivity index (χ2n) is 5.07. The summed E-state index contributed by atoms with van der Waals surface area (Å²) in [4.78, 5) is 14.8. The number of pyridine rings is 1. The molecule has 6 heteroatoms. The summed E-state index contributed by atoms with van der Waals surface area (Å²) in [6, 6.07) is 9.76. The zero-order valence-corrected chi connectivity index (χ0v) is 12.0. The molecule has 0 aliphatic rings. The number of fused-ring (bicyclic) bond motifs is 2. The fourth-order valence-corrected chi connectivity index (χ4v) is 2.55. The van der Waals surface area contributed by atoms with Crippen molar-refractivity contribution >= 4 is 27.7 Å². The van der Waals surface area contributed by atoms with E-state index in [9.17, 15) is 0 Å². The van der Waals surface area contributed by atoms with E-state index in [2.05, 4.69) is 20.1 Å². The maximum absolute atomic E-state index is 5.35. The monoisotopic (exact) mass is 291 g/mol. The lowest BCUT2D eigenvalue weighted by Crippen LogP contribution is -2.18. The molecular formula is C16H13N5O. The van der Waals surface area contributed by atoms with Crippen LogP contribution in [0.4, 0.5) is 5.82 Å². The van der Waals surface area contributed by atoms with Gasteiger partial charge in [-0.1, -0.05) is 17.3 Å². The van der Waals surface area contributed by atoms with E-state index in [4.69, 9.17) is 4.52 Å². The van der Waals surface area contributed by atoms with E-state index < -0.39 is 0 Å². The fraction of sp³-hybridized carbons (Fsp3) is 0.125. The largest absolute Gasteiger partial charge is 0.356 e. The molecule has 0 atom stereocenters. The Kier molecular flexibility index (Phi) is 2.93. The predicted molar refractivity (Wildman–Crippen MR) is 83.4 cm³/mol. The molecule has 0 N–H and O–H groups in total. The minimum atomic E-state index is 0.603. The third-order valence-corrected chi connectivity index (χ3v) is 3.62. The summed E-state index contributed by atoms with van der Waals surface area (Å²) < 4.78 is 5.35. The minimum Gasteiger partial charge on any atom is -0.356 e. The van der Waals surface area contributed by atoms with Gasteiger partial charge in [-0.3, -0.25) is 4.98 Å². The van der Waals surface area contributed by atoms with Crippen molar-refractivity contribution in [3.05, 3.63) is 54.7 Å². The van der Waals surface area contributed by atoms with Crippen molar-refractivity contribution in [2.24, 2.45) is 0 Å². The molecule has 0 radical (unpaired) electrons. The van der Waals surface area contributed by atoms with Crippen molar-refractivity contribution in [1.29, 1.82) is 0 Å². The Hall–Kier alpha value is -3.02. The number of nitrogens with zero attached hydrogens (tertiary/aromatic N) is 5. The second-order valence-corrected chi connectivity index (χ2v) is 5.07. The number of rotatable bonds is 3. The van der Waals surface area contributed by atoms with Crippen LogP contribution in [0.15, 0.2) is 53.6 Å². The van der Waals surface area contributed by atoms with Crippen molar-refractivity contribution in [2.75, 3.05) is 11.9 Å². The van der Waals surface area contributed by atoms with Crippen LogP contribution in [0.2, 0.25) is 0 Å². The standard InChI is InChI=1S/C16H13N5O/c1-21(9-14-11-4-2-3-5-15(11)22-20-14)16-12-6-7-17-8-13(12)18-10-19-16/h2-8,10H,9H2,1H3. The highest BCUT2D eigenvalue weighted by atomic mass is 16.5.